The number of ether oxygens (including phenoxy) is 1. The average Bonchev–Trinajstić information content (AvgIpc) is 3.11. The highest BCUT2D eigenvalue weighted by atomic mass is 35.5. The smallest absolute Gasteiger partial charge is 0.407 e. The monoisotopic (exact) mass is 453 g/mol. The molecule has 1 aliphatic rings. The minimum absolute atomic E-state index is 0.00318. The molecule has 164 valence electrons. The van der Waals surface area contributed by atoms with Gasteiger partial charge in [-0.25, -0.2) is 14.0 Å². The summed E-state index contributed by atoms with van der Waals surface area (Å²) < 4.78 is 19.5. The zero-order valence-corrected chi connectivity index (χ0v) is 17.8. The zero-order valence-electron chi connectivity index (χ0n) is 17.1. The van der Waals surface area contributed by atoms with Gasteiger partial charge in [-0.2, -0.15) is 0 Å². The number of aliphatic carboxylic acids is 1. The Labute approximate surface area is 189 Å². The van der Waals surface area contributed by atoms with Gasteiger partial charge in [0.1, 0.15) is 18.5 Å². The number of hydrogen-bond donors (Lipinski definition) is 2. The van der Waals surface area contributed by atoms with Crippen LogP contribution in [-0.2, 0) is 16.0 Å². The topological polar surface area (TPSA) is 75.6 Å². The Morgan fingerprint density at radius 2 is 1.62 bits per heavy atom. The molecule has 0 heterocycles. The Kier molecular flexibility index (Phi) is 6.42. The first-order chi connectivity index (χ1) is 15.5. The quantitative estimate of drug-likeness (QED) is 0.502. The molecular formula is C25H21ClFNO4. The van der Waals surface area contributed by atoms with E-state index in [9.17, 15) is 19.1 Å². The largest absolute Gasteiger partial charge is 0.480 e. The maximum absolute atomic E-state index is 14.1. The number of nitrogens with one attached hydrogen (secondary N) is 1. The number of fused-ring (bicyclic) bond motifs is 3. The van der Waals surface area contributed by atoms with E-state index in [1.165, 1.54) is 12.1 Å². The van der Waals surface area contributed by atoms with Gasteiger partial charge in [0.15, 0.2) is 0 Å². The van der Waals surface area contributed by atoms with Gasteiger partial charge in [-0.15, -0.1) is 0 Å². The van der Waals surface area contributed by atoms with Gasteiger partial charge in [0, 0.05) is 5.92 Å². The van der Waals surface area contributed by atoms with Crippen LogP contribution in [0.1, 0.15) is 29.0 Å². The maximum Gasteiger partial charge on any atom is 0.407 e. The summed E-state index contributed by atoms with van der Waals surface area (Å²) in [6.45, 7) is 0.0785. The van der Waals surface area contributed by atoms with Crippen LogP contribution in [0.2, 0.25) is 5.02 Å². The zero-order chi connectivity index (χ0) is 22.7. The molecule has 0 bridgehead atoms. The van der Waals surface area contributed by atoms with Crippen molar-refractivity contribution < 1.29 is 23.8 Å². The Hall–Kier alpha value is -3.38. The minimum Gasteiger partial charge on any atom is -0.480 e. The lowest BCUT2D eigenvalue weighted by atomic mass is 9.98. The third-order valence-electron chi connectivity index (χ3n) is 5.67. The van der Waals surface area contributed by atoms with Crippen LogP contribution in [0.3, 0.4) is 0 Å². The molecule has 1 aliphatic carbocycles. The van der Waals surface area contributed by atoms with Crippen molar-refractivity contribution in [3.05, 3.63) is 94.3 Å². The van der Waals surface area contributed by atoms with E-state index in [0.717, 1.165) is 22.3 Å². The van der Waals surface area contributed by atoms with E-state index in [1.54, 1.807) is 6.07 Å². The van der Waals surface area contributed by atoms with Crippen LogP contribution in [0.25, 0.3) is 11.1 Å². The number of aryl methyl sites for hydroxylation is 1. The van der Waals surface area contributed by atoms with Crippen LogP contribution in [0.4, 0.5) is 9.18 Å². The van der Waals surface area contributed by atoms with Crippen molar-refractivity contribution in [2.24, 2.45) is 0 Å². The second-order valence-corrected chi connectivity index (χ2v) is 8.02. The highest BCUT2D eigenvalue weighted by Crippen LogP contribution is 2.44. The lowest BCUT2D eigenvalue weighted by Gasteiger charge is -2.17. The van der Waals surface area contributed by atoms with Crippen LogP contribution in [0.5, 0.6) is 0 Å². The normalized spacial score (nSPS) is 13.2. The number of rotatable bonds is 7. The molecule has 0 unspecified atom stereocenters. The lowest BCUT2D eigenvalue weighted by molar-refractivity contribution is -0.139. The summed E-state index contributed by atoms with van der Waals surface area (Å²) in [7, 11) is 0. The Morgan fingerprint density at radius 1 is 1.00 bits per heavy atom. The van der Waals surface area contributed by atoms with Gasteiger partial charge >= 0.3 is 12.1 Å². The Balaban J connectivity index is 1.39. The van der Waals surface area contributed by atoms with E-state index >= 15 is 0 Å². The molecule has 7 heteroatoms. The minimum atomic E-state index is -1.22. The van der Waals surface area contributed by atoms with Crippen molar-refractivity contribution in [1.29, 1.82) is 0 Å². The maximum atomic E-state index is 14.1. The molecule has 5 nitrogen and oxygen atoms in total. The molecular weight excluding hydrogens is 433 g/mol. The van der Waals surface area contributed by atoms with E-state index in [4.69, 9.17) is 16.3 Å². The standard InChI is InChI=1S/C25H21ClFNO4/c26-21-11-5-6-15(23(21)27)12-13-22(24(29)30)28-25(31)32-14-20-18-9-3-1-7-16(18)17-8-2-4-10-19(17)20/h1-11,20,22H,12-14H2,(H,28,31)(H,29,30)/t22-/m1/s1. The van der Waals surface area contributed by atoms with Crippen molar-refractivity contribution in [2.45, 2.75) is 24.8 Å². The van der Waals surface area contributed by atoms with Crippen molar-refractivity contribution in [3.8, 4) is 11.1 Å². The molecule has 0 aromatic heterocycles. The third kappa shape index (κ3) is 4.46. The number of carbonyl (C=O) groups is 2. The molecule has 3 aromatic carbocycles. The Bertz CT molecular complexity index is 1120. The van der Waals surface area contributed by atoms with Crippen LogP contribution >= 0.6 is 11.6 Å². The Morgan fingerprint density at radius 3 is 2.25 bits per heavy atom. The summed E-state index contributed by atoms with van der Waals surface area (Å²) in [4.78, 5) is 24.0. The van der Waals surface area contributed by atoms with E-state index in [0.29, 0.717) is 0 Å². The van der Waals surface area contributed by atoms with Gasteiger partial charge in [-0.05, 0) is 46.7 Å². The molecule has 2 N–H and O–H groups in total. The molecule has 32 heavy (non-hydrogen) atoms. The number of carboxylic acid groups (broad SMARTS) is 1. The van der Waals surface area contributed by atoms with Crippen molar-refractivity contribution in [2.75, 3.05) is 6.61 Å². The number of amides is 1. The lowest BCUT2D eigenvalue weighted by Crippen LogP contribution is -2.41. The summed E-state index contributed by atoms with van der Waals surface area (Å²) in [5, 5.41) is 11.8. The van der Waals surface area contributed by atoms with Gasteiger partial charge in [-0.3, -0.25) is 0 Å². The fraction of sp³-hybridized carbons (Fsp3) is 0.200. The molecule has 0 aliphatic heterocycles. The molecule has 0 spiro atoms. The number of carbonyl (C=O) groups excluding carboxylic acids is 1. The van der Waals surface area contributed by atoms with E-state index in [-0.39, 0.29) is 36.0 Å². The van der Waals surface area contributed by atoms with Gasteiger partial charge in [-0.1, -0.05) is 72.3 Å². The highest BCUT2D eigenvalue weighted by molar-refractivity contribution is 6.30. The average molecular weight is 454 g/mol. The van der Waals surface area contributed by atoms with Crippen molar-refractivity contribution in [3.63, 3.8) is 0 Å². The first-order valence-corrected chi connectivity index (χ1v) is 10.6. The summed E-state index contributed by atoms with van der Waals surface area (Å²) in [5.41, 5.74) is 4.62. The van der Waals surface area contributed by atoms with Crippen molar-refractivity contribution in [1.82, 2.24) is 5.32 Å². The van der Waals surface area contributed by atoms with Gasteiger partial charge in [0.05, 0.1) is 5.02 Å². The second kappa shape index (κ2) is 9.40. The SMILES string of the molecule is O=C(N[C@H](CCc1cccc(Cl)c1F)C(=O)O)OCC1c2ccccc2-c2ccccc21. The summed E-state index contributed by atoms with van der Waals surface area (Å²) in [6.07, 6.45) is -0.727. The van der Waals surface area contributed by atoms with Gasteiger partial charge in [0.2, 0.25) is 0 Å². The molecule has 4 rings (SSSR count). The molecule has 0 saturated carbocycles. The molecule has 1 atom stereocenters. The van der Waals surface area contributed by atoms with Crippen LogP contribution in [0.15, 0.2) is 66.7 Å². The first-order valence-electron chi connectivity index (χ1n) is 10.2. The number of carboxylic acids is 1. The highest BCUT2D eigenvalue weighted by Gasteiger charge is 2.29. The molecule has 0 fully saturated rings. The fourth-order valence-electron chi connectivity index (χ4n) is 4.08. The summed E-state index contributed by atoms with van der Waals surface area (Å²) in [6, 6.07) is 19.2. The number of halogens is 2. The van der Waals surface area contributed by atoms with Gasteiger partial charge < -0.3 is 15.2 Å². The van der Waals surface area contributed by atoms with Crippen LogP contribution in [0, 0.1) is 5.82 Å². The predicted octanol–water partition coefficient (Wildman–Crippen LogP) is 5.40. The molecule has 0 saturated heterocycles. The van der Waals surface area contributed by atoms with E-state index in [2.05, 4.69) is 5.32 Å². The summed E-state index contributed by atoms with van der Waals surface area (Å²) in [5.74, 6) is -1.93. The van der Waals surface area contributed by atoms with Crippen LogP contribution < -0.4 is 5.32 Å². The molecule has 1 amide bonds. The fourth-order valence-corrected chi connectivity index (χ4v) is 4.28. The van der Waals surface area contributed by atoms with E-state index < -0.39 is 23.9 Å². The van der Waals surface area contributed by atoms with Gasteiger partial charge in [0.25, 0.3) is 0 Å². The number of benzene rings is 3. The predicted molar refractivity (Wildman–Crippen MR) is 119 cm³/mol. The number of hydrogen-bond acceptors (Lipinski definition) is 3. The number of alkyl carbamates (subject to hydrolysis) is 1. The van der Waals surface area contributed by atoms with Crippen molar-refractivity contribution >= 4 is 23.7 Å². The molecule has 0 radical (unpaired) electrons. The first kappa shape index (κ1) is 21.8. The second-order valence-electron chi connectivity index (χ2n) is 7.61. The third-order valence-corrected chi connectivity index (χ3v) is 5.96. The molecule has 3 aromatic rings. The van der Waals surface area contributed by atoms with E-state index in [1.807, 2.05) is 48.5 Å². The summed E-state index contributed by atoms with van der Waals surface area (Å²) >= 11 is 5.77. The van der Waals surface area contributed by atoms with Crippen LogP contribution in [-0.4, -0.2) is 29.8 Å².